The molecule has 28 heavy (non-hydrogen) atoms. The molecule has 1 saturated heterocycles. The number of imidazole rings is 1. The Morgan fingerprint density at radius 3 is 2.68 bits per heavy atom. The van der Waals surface area contributed by atoms with E-state index >= 15 is 0 Å². The summed E-state index contributed by atoms with van der Waals surface area (Å²) in [5.74, 6) is 0.939. The fourth-order valence-electron chi connectivity index (χ4n) is 3.22. The van der Waals surface area contributed by atoms with Crippen molar-refractivity contribution in [2.75, 3.05) is 24.6 Å². The summed E-state index contributed by atoms with van der Waals surface area (Å²) in [6.07, 6.45) is 0.0829. The van der Waals surface area contributed by atoms with Crippen molar-refractivity contribution in [2.24, 2.45) is 5.92 Å². The molecule has 0 bridgehead atoms. The van der Waals surface area contributed by atoms with Gasteiger partial charge in [-0.1, -0.05) is 0 Å². The van der Waals surface area contributed by atoms with Crippen LogP contribution in [0.5, 0.6) is 5.88 Å². The van der Waals surface area contributed by atoms with Crippen molar-refractivity contribution in [2.45, 2.75) is 25.9 Å². The summed E-state index contributed by atoms with van der Waals surface area (Å²) in [5, 5.41) is 4.37. The number of piperidine rings is 1. The number of aryl methyl sites for hydroxylation is 1. The molecule has 4 heterocycles. The smallest absolute Gasteiger partial charge is 0.433 e. The van der Waals surface area contributed by atoms with Crippen LogP contribution in [0.2, 0.25) is 0 Å². The van der Waals surface area contributed by atoms with Crippen molar-refractivity contribution < 1.29 is 17.9 Å². The van der Waals surface area contributed by atoms with Gasteiger partial charge in [0.15, 0.2) is 5.65 Å². The maximum Gasteiger partial charge on any atom is 0.433 e. The molecule has 0 aliphatic carbocycles. The summed E-state index contributed by atoms with van der Waals surface area (Å²) < 4.78 is 46.0. The van der Waals surface area contributed by atoms with E-state index in [0.29, 0.717) is 31.5 Å². The van der Waals surface area contributed by atoms with E-state index in [0.717, 1.165) is 36.4 Å². The summed E-state index contributed by atoms with van der Waals surface area (Å²) >= 11 is 0. The van der Waals surface area contributed by atoms with E-state index in [1.165, 1.54) is 0 Å². The molecule has 7 nitrogen and oxygen atoms in total. The molecule has 1 aliphatic rings. The topological polar surface area (TPSA) is 68.4 Å². The van der Waals surface area contributed by atoms with Crippen molar-refractivity contribution in [3.05, 3.63) is 42.0 Å². The Morgan fingerprint density at radius 1 is 1.14 bits per heavy atom. The van der Waals surface area contributed by atoms with Crippen LogP contribution in [0.3, 0.4) is 0 Å². The number of nitrogens with zero attached hydrogens (tertiary/aromatic N) is 6. The molecule has 0 N–H and O–H groups in total. The maximum absolute atomic E-state index is 12.8. The minimum atomic E-state index is -4.47. The Hall–Kier alpha value is -2.91. The minimum absolute atomic E-state index is 0.122. The van der Waals surface area contributed by atoms with Gasteiger partial charge in [0.1, 0.15) is 5.69 Å². The first kappa shape index (κ1) is 18.5. The maximum atomic E-state index is 12.8. The Balaban J connectivity index is 1.32. The lowest BCUT2D eigenvalue weighted by Gasteiger charge is -2.31. The van der Waals surface area contributed by atoms with E-state index in [-0.39, 0.29) is 5.95 Å². The van der Waals surface area contributed by atoms with Gasteiger partial charge in [0.25, 0.3) is 0 Å². The first-order chi connectivity index (χ1) is 13.4. The first-order valence-corrected chi connectivity index (χ1v) is 8.99. The molecule has 0 saturated carbocycles. The second-order valence-corrected chi connectivity index (χ2v) is 6.84. The van der Waals surface area contributed by atoms with Gasteiger partial charge in [-0.05, 0) is 37.8 Å². The fraction of sp³-hybridized carbons (Fsp3) is 0.444. The van der Waals surface area contributed by atoms with Gasteiger partial charge in [-0.15, -0.1) is 5.10 Å². The van der Waals surface area contributed by atoms with Gasteiger partial charge in [-0.2, -0.15) is 13.2 Å². The van der Waals surface area contributed by atoms with Crippen molar-refractivity contribution in [1.29, 1.82) is 0 Å². The Kier molecular flexibility index (Phi) is 4.78. The second kappa shape index (κ2) is 7.25. The predicted molar refractivity (Wildman–Crippen MR) is 95.2 cm³/mol. The molecule has 0 radical (unpaired) electrons. The van der Waals surface area contributed by atoms with Crippen LogP contribution in [0.25, 0.3) is 5.65 Å². The molecule has 1 aliphatic heterocycles. The van der Waals surface area contributed by atoms with E-state index in [9.17, 15) is 13.2 Å². The number of ether oxygens (including phenoxy) is 1. The van der Waals surface area contributed by atoms with E-state index in [1.807, 2.05) is 19.2 Å². The number of rotatable bonds is 4. The highest BCUT2D eigenvalue weighted by molar-refractivity contribution is 5.39. The van der Waals surface area contributed by atoms with Crippen molar-refractivity contribution in [1.82, 2.24) is 24.6 Å². The molecule has 0 atom stereocenters. The fourth-order valence-corrected chi connectivity index (χ4v) is 3.22. The second-order valence-electron chi connectivity index (χ2n) is 6.84. The molecule has 3 aromatic heterocycles. The zero-order chi connectivity index (χ0) is 19.7. The molecule has 0 spiro atoms. The molecule has 4 rings (SSSR count). The summed E-state index contributed by atoms with van der Waals surface area (Å²) in [6.45, 7) is 3.58. The van der Waals surface area contributed by atoms with E-state index < -0.39 is 11.9 Å². The van der Waals surface area contributed by atoms with Gasteiger partial charge in [0.05, 0.1) is 18.5 Å². The van der Waals surface area contributed by atoms with Crippen molar-refractivity contribution in [3.8, 4) is 5.88 Å². The zero-order valence-electron chi connectivity index (χ0n) is 15.2. The summed E-state index contributed by atoms with van der Waals surface area (Å²) in [5.41, 5.74) is 0.729. The molecule has 148 valence electrons. The van der Waals surface area contributed by atoms with Gasteiger partial charge in [-0.3, -0.25) is 0 Å². The Bertz CT molecular complexity index is 965. The average molecular weight is 392 g/mol. The Morgan fingerprint density at radius 2 is 1.93 bits per heavy atom. The number of fused-ring (bicyclic) bond motifs is 1. The molecule has 3 aromatic rings. The lowest BCUT2D eigenvalue weighted by Crippen LogP contribution is -2.37. The lowest BCUT2D eigenvalue weighted by molar-refractivity contribution is -0.141. The average Bonchev–Trinajstić information content (AvgIpc) is 3.05. The zero-order valence-corrected chi connectivity index (χ0v) is 15.2. The van der Waals surface area contributed by atoms with E-state index in [4.69, 9.17) is 4.74 Å². The van der Waals surface area contributed by atoms with Gasteiger partial charge < -0.3 is 9.64 Å². The largest absolute Gasteiger partial charge is 0.476 e. The molecule has 0 unspecified atom stereocenters. The highest BCUT2D eigenvalue weighted by Gasteiger charge is 2.33. The first-order valence-electron chi connectivity index (χ1n) is 8.99. The van der Waals surface area contributed by atoms with E-state index in [2.05, 4.69) is 20.1 Å². The van der Waals surface area contributed by atoms with Crippen LogP contribution in [-0.2, 0) is 6.18 Å². The van der Waals surface area contributed by atoms with Gasteiger partial charge in [-0.25, -0.2) is 19.5 Å². The van der Waals surface area contributed by atoms with Crippen LogP contribution in [0.15, 0.2) is 30.6 Å². The third-order valence-corrected chi connectivity index (χ3v) is 4.71. The number of alkyl halides is 3. The van der Waals surface area contributed by atoms with Crippen LogP contribution >= 0.6 is 0 Å². The normalized spacial score (nSPS) is 15.9. The quantitative estimate of drug-likeness (QED) is 0.680. The van der Waals surface area contributed by atoms with E-state index in [1.54, 1.807) is 15.5 Å². The van der Waals surface area contributed by atoms with Crippen LogP contribution < -0.4 is 9.64 Å². The lowest BCUT2D eigenvalue weighted by atomic mass is 9.98. The molecule has 0 amide bonds. The highest BCUT2D eigenvalue weighted by atomic mass is 19.4. The number of aromatic nitrogens is 5. The molecular formula is C18H19F3N6O. The van der Waals surface area contributed by atoms with Gasteiger partial charge in [0, 0.05) is 25.4 Å². The number of anilines is 1. The monoisotopic (exact) mass is 392 g/mol. The minimum Gasteiger partial charge on any atom is -0.476 e. The van der Waals surface area contributed by atoms with Crippen molar-refractivity contribution >= 4 is 11.6 Å². The molecule has 1 fully saturated rings. The van der Waals surface area contributed by atoms with Crippen LogP contribution in [0.4, 0.5) is 19.1 Å². The predicted octanol–water partition coefficient (Wildman–Crippen LogP) is 3.14. The highest BCUT2D eigenvalue weighted by Crippen LogP contribution is 2.29. The van der Waals surface area contributed by atoms with Crippen LogP contribution in [0, 0.1) is 12.8 Å². The SMILES string of the molecule is Cc1cn2nc(OCC3CCN(c4nccc(C(F)(F)F)n4)CC3)ccc2n1. The van der Waals surface area contributed by atoms with Gasteiger partial charge in [0.2, 0.25) is 11.8 Å². The third kappa shape index (κ3) is 4.00. The van der Waals surface area contributed by atoms with Crippen molar-refractivity contribution in [3.63, 3.8) is 0 Å². The summed E-state index contributed by atoms with van der Waals surface area (Å²) in [6, 6.07) is 4.52. The van der Waals surface area contributed by atoms with Gasteiger partial charge >= 0.3 is 6.18 Å². The standard InChI is InChI=1S/C18H19F3N6O/c1-12-10-27-15(23-12)2-3-16(25-27)28-11-13-5-8-26(9-6-13)17-22-7-4-14(24-17)18(19,20)21/h2-4,7,10,13H,5-6,8-9,11H2,1H3. The Labute approximate surface area is 159 Å². The number of hydrogen-bond donors (Lipinski definition) is 0. The molecule has 10 heteroatoms. The summed E-state index contributed by atoms with van der Waals surface area (Å²) in [7, 11) is 0. The van der Waals surface area contributed by atoms with Crippen LogP contribution in [-0.4, -0.2) is 44.3 Å². The molecular weight excluding hydrogens is 373 g/mol. The van der Waals surface area contributed by atoms with Crippen LogP contribution in [0.1, 0.15) is 24.2 Å². The summed E-state index contributed by atoms with van der Waals surface area (Å²) in [4.78, 5) is 13.7. The number of hydrogen-bond acceptors (Lipinski definition) is 6. The number of halogens is 3. The molecule has 0 aromatic carbocycles. The third-order valence-electron chi connectivity index (χ3n) is 4.71.